The van der Waals surface area contributed by atoms with Crippen molar-refractivity contribution in [2.75, 3.05) is 13.2 Å². The van der Waals surface area contributed by atoms with Crippen molar-refractivity contribution in [3.05, 3.63) is 86.8 Å². The van der Waals surface area contributed by atoms with Crippen LogP contribution in [0.1, 0.15) is 47.1 Å². The van der Waals surface area contributed by atoms with E-state index in [2.05, 4.69) is 10.1 Å². The van der Waals surface area contributed by atoms with Crippen molar-refractivity contribution in [1.82, 2.24) is 19.7 Å². The van der Waals surface area contributed by atoms with Gasteiger partial charge in [-0.2, -0.15) is 18.3 Å². The van der Waals surface area contributed by atoms with Crippen LogP contribution in [0.5, 0.6) is 0 Å². The fourth-order valence-corrected chi connectivity index (χ4v) is 4.20. The summed E-state index contributed by atoms with van der Waals surface area (Å²) in [6.07, 6.45) is -6.49. The Morgan fingerprint density at radius 2 is 1.94 bits per heavy atom. The lowest BCUT2D eigenvalue weighted by atomic mass is 10.0. The molecule has 0 spiro atoms. The number of nitrogens with zero attached hydrogens (tertiary/aromatic N) is 3. The predicted molar refractivity (Wildman–Crippen MR) is 119 cm³/mol. The molecule has 0 radical (unpaired) electrons. The first-order valence-electron chi connectivity index (χ1n) is 11.2. The van der Waals surface area contributed by atoms with E-state index in [1.54, 1.807) is 19.1 Å². The van der Waals surface area contributed by atoms with Gasteiger partial charge in [0.2, 0.25) is 0 Å². The molecule has 0 bridgehead atoms. The highest BCUT2D eigenvalue weighted by atomic mass is 19.4. The van der Waals surface area contributed by atoms with Gasteiger partial charge in [-0.05, 0) is 47.9 Å². The number of hydrogen-bond donors (Lipinski definition) is 1. The third-order valence-electron chi connectivity index (χ3n) is 6.00. The van der Waals surface area contributed by atoms with Crippen LogP contribution in [0, 0.1) is 5.82 Å². The van der Waals surface area contributed by atoms with Crippen molar-refractivity contribution in [3.63, 3.8) is 0 Å². The highest BCUT2D eigenvalue weighted by molar-refractivity contribution is 5.33. The third-order valence-corrected chi connectivity index (χ3v) is 6.00. The molecular formula is C24H25F5N4O3. The lowest BCUT2D eigenvalue weighted by molar-refractivity contribution is -0.231. The summed E-state index contributed by atoms with van der Waals surface area (Å²) in [5, 5.41) is 4.16. The van der Waals surface area contributed by atoms with Crippen molar-refractivity contribution in [2.24, 2.45) is 7.05 Å². The Balaban J connectivity index is 1.64. The number of alkyl halides is 4. The largest absolute Gasteiger partial charge is 0.416 e. The van der Waals surface area contributed by atoms with Crippen LogP contribution < -0.4 is 5.69 Å². The molecule has 4 rings (SSSR count). The molecule has 0 aliphatic carbocycles. The van der Waals surface area contributed by atoms with E-state index in [1.165, 1.54) is 25.2 Å². The summed E-state index contributed by atoms with van der Waals surface area (Å²) in [4.78, 5) is 16.4. The summed E-state index contributed by atoms with van der Waals surface area (Å²) in [5.74, 6) is -0.0431. The van der Waals surface area contributed by atoms with Crippen LogP contribution in [0.4, 0.5) is 22.0 Å². The van der Waals surface area contributed by atoms with Gasteiger partial charge in [0.15, 0.2) is 6.29 Å². The first-order chi connectivity index (χ1) is 17.0. The van der Waals surface area contributed by atoms with Crippen LogP contribution in [0.25, 0.3) is 0 Å². The van der Waals surface area contributed by atoms with Gasteiger partial charge in [0.1, 0.15) is 18.3 Å². The number of aromatic amines is 1. The number of H-pyrrole nitrogens is 1. The number of ether oxygens (including phenoxy) is 2. The lowest BCUT2D eigenvalue weighted by Crippen LogP contribution is -2.46. The fraction of sp³-hybridized carbons (Fsp3) is 0.417. The van der Waals surface area contributed by atoms with Crippen molar-refractivity contribution < 1.29 is 31.4 Å². The summed E-state index contributed by atoms with van der Waals surface area (Å²) < 4.78 is 80.1. The van der Waals surface area contributed by atoms with E-state index in [0.717, 1.165) is 16.8 Å². The minimum atomic E-state index is -4.64. The molecular weight excluding hydrogens is 487 g/mol. The molecule has 1 fully saturated rings. The van der Waals surface area contributed by atoms with E-state index in [9.17, 15) is 26.7 Å². The smallest absolute Gasteiger partial charge is 0.349 e. The van der Waals surface area contributed by atoms with Gasteiger partial charge >= 0.3 is 11.9 Å². The Morgan fingerprint density at radius 1 is 1.22 bits per heavy atom. The second kappa shape index (κ2) is 10.5. The minimum absolute atomic E-state index is 0.115. The van der Waals surface area contributed by atoms with Crippen LogP contribution in [0.3, 0.4) is 0 Å². The molecule has 2 heterocycles. The summed E-state index contributed by atoms with van der Waals surface area (Å²) in [7, 11) is 1.51. The van der Waals surface area contributed by atoms with Gasteiger partial charge in [-0.15, -0.1) is 0 Å². The van der Waals surface area contributed by atoms with Crippen molar-refractivity contribution in [2.45, 2.75) is 44.8 Å². The molecule has 0 amide bonds. The quantitative estimate of drug-likeness (QED) is 0.475. The number of benzene rings is 2. The molecule has 1 aromatic heterocycles. The molecule has 1 aliphatic rings. The summed E-state index contributed by atoms with van der Waals surface area (Å²) >= 11 is 0. The second-order valence-electron chi connectivity index (χ2n) is 8.58. The summed E-state index contributed by atoms with van der Waals surface area (Å²) in [6.45, 7) is 1.36. The molecule has 36 heavy (non-hydrogen) atoms. The van der Waals surface area contributed by atoms with Gasteiger partial charge in [-0.1, -0.05) is 18.2 Å². The maximum Gasteiger partial charge on any atom is 0.416 e. The Kier molecular flexibility index (Phi) is 7.57. The molecule has 1 aliphatic heterocycles. The number of aryl methyl sites for hydroxylation is 1. The number of aromatic nitrogens is 3. The normalized spacial score (nSPS) is 20.0. The molecule has 7 nitrogen and oxygen atoms in total. The van der Waals surface area contributed by atoms with Crippen molar-refractivity contribution in [3.8, 4) is 0 Å². The van der Waals surface area contributed by atoms with Gasteiger partial charge in [-0.25, -0.2) is 18.3 Å². The van der Waals surface area contributed by atoms with E-state index in [0.29, 0.717) is 17.9 Å². The molecule has 0 saturated carbocycles. The van der Waals surface area contributed by atoms with Crippen LogP contribution >= 0.6 is 0 Å². The number of morpholine rings is 1. The Morgan fingerprint density at radius 3 is 2.56 bits per heavy atom. The number of rotatable bonds is 7. The Hall–Kier alpha value is -3.09. The molecule has 194 valence electrons. The van der Waals surface area contributed by atoms with Crippen LogP contribution in [0.15, 0.2) is 47.3 Å². The first kappa shape index (κ1) is 26.0. The molecule has 3 atom stereocenters. The Bertz CT molecular complexity index is 1240. The molecule has 1 saturated heterocycles. The van der Waals surface area contributed by atoms with Gasteiger partial charge in [0, 0.05) is 13.6 Å². The zero-order chi connectivity index (χ0) is 26.0. The maximum atomic E-state index is 13.6. The van der Waals surface area contributed by atoms with Crippen molar-refractivity contribution in [1.29, 1.82) is 0 Å². The van der Waals surface area contributed by atoms with Gasteiger partial charge in [0.05, 0.1) is 30.9 Å². The molecule has 3 unspecified atom stereocenters. The van der Waals surface area contributed by atoms with E-state index in [4.69, 9.17) is 9.47 Å². The average Bonchev–Trinajstić information content (AvgIpc) is 3.15. The SMILES string of the molecule is CC(OC1OCCN(Cc2nn(C)c(=O)[nH]2)C1c1ccc(F)cc1)c1cc(CF)cc(C(F)(F)F)c1. The molecule has 2 aromatic carbocycles. The Labute approximate surface area is 203 Å². The second-order valence-corrected chi connectivity index (χ2v) is 8.58. The number of hydrogen-bond acceptors (Lipinski definition) is 5. The van der Waals surface area contributed by atoms with Crippen LogP contribution in [-0.4, -0.2) is 39.1 Å². The highest BCUT2D eigenvalue weighted by Crippen LogP contribution is 2.37. The monoisotopic (exact) mass is 512 g/mol. The van der Waals surface area contributed by atoms with E-state index in [1.807, 2.05) is 4.90 Å². The zero-order valence-electron chi connectivity index (χ0n) is 19.6. The molecule has 3 aromatic rings. The van der Waals surface area contributed by atoms with E-state index < -0.39 is 42.7 Å². The third kappa shape index (κ3) is 5.82. The molecule has 1 N–H and O–H groups in total. The zero-order valence-corrected chi connectivity index (χ0v) is 19.6. The van der Waals surface area contributed by atoms with Crippen molar-refractivity contribution >= 4 is 0 Å². The topological polar surface area (TPSA) is 72.4 Å². The summed E-state index contributed by atoms with van der Waals surface area (Å²) in [5.41, 5.74) is -0.685. The average molecular weight is 512 g/mol. The van der Waals surface area contributed by atoms with E-state index >= 15 is 0 Å². The predicted octanol–water partition coefficient (Wildman–Crippen LogP) is 4.41. The first-order valence-corrected chi connectivity index (χ1v) is 11.2. The maximum absolute atomic E-state index is 13.6. The van der Waals surface area contributed by atoms with Gasteiger partial charge < -0.3 is 9.47 Å². The molecule has 12 heteroatoms. The summed E-state index contributed by atoms with van der Waals surface area (Å²) in [6, 6.07) is 8.12. The van der Waals surface area contributed by atoms with E-state index in [-0.39, 0.29) is 30.0 Å². The number of halogens is 5. The standard InChI is InChI=1S/C24H25F5N4O3/c1-14(17-9-15(12-25)10-18(11-17)24(27,28)29)36-22-21(16-3-5-19(26)6-4-16)33(7-8-35-22)13-20-30-23(34)32(2)31-20/h3-6,9-11,14,21-22H,7-8,12-13H2,1-2H3,(H,30,31,34). The van der Waals surface area contributed by atoms with Crippen LogP contribution in [-0.2, 0) is 35.9 Å². The lowest BCUT2D eigenvalue weighted by Gasteiger charge is -2.41. The fourth-order valence-electron chi connectivity index (χ4n) is 4.20. The highest BCUT2D eigenvalue weighted by Gasteiger charge is 2.37. The van der Waals surface area contributed by atoms with Gasteiger partial charge in [-0.3, -0.25) is 9.88 Å². The van der Waals surface area contributed by atoms with Crippen LogP contribution in [0.2, 0.25) is 0 Å². The number of nitrogens with one attached hydrogen (secondary N) is 1. The van der Waals surface area contributed by atoms with Gasteiger partial charge in [0.25, 0.3) is 0 Å². The minimum Gasteiger partial charge on any atom is -0.349 e.